The van der Waals surface area contributed by atoms with E-state index in [0.717, 1.165) is 25.7 Å². The summed E-state index contributed by atoms with van der Waals surface area (Å²) in [7, 11) is 5.05. The predicted molar refractivity (Wildman–Crippen MR) is 127 cm³/mol. The van der Waals surface area contributed by atoms with Gasteiger partial charge in [-0.25, -0.2) is 0 Å². The molecule has 4 atom stereocenters. The molecule has 4 rings (SSSR count). The van der Waals surface area contributed by atoms with E-state index in [4.69, 9.17) is 28.8 Å². The zero-order valence-corrected chi connectivity index (χ0v) is 20.7. The molecule has 0 radical (unpaired) electrons. The maximum atomic E-state index is 13.8. The van der Waals surface area contributed by atoms with Crippen LogP contribution < -0.4 is 14.4 Å². The van der Waals surface area contributed by atoms with Crippen LogP contribution in [0.1, 0.15) is 48.9 Å². The summed E-state index contributed by atoms with van der Waals surface area (Å²) in [5, 5.41) is 8.87. The van der Waals surface area contributed by atoms with Gasteiger partial charge in [-0.05, 0) is 38.2 Å². The monoisotopic (exact) mass is 492 g/mol. The number of carbonyl (C=O) groups is 2. The summed E-state index contributed by atoms with van der Waals surface area (Å²) in [5.74, 6) is 0.164. The molecular weight excluding hydrogens is 456 g/mol. The van der Waals surface area contributed by atoms with E-state index < -0.39 is 12.2 Å². The van der Waals surface area contributed by atoms with E-state index in [9.17, 15) is 9.59 Å². The summed E-state index contributed by atoms with van der Waals surface area (Å²) in [5.41, 5.74) is 1.25. The zero-order chi connectivity index (χ0) is 24.9. The standard InChI is InChI=1S/C25H36N2O8/c1-26-18-14-20(32-3)19(31-2)13-17(18)24(30)27-10-9-16(15-33-11-6-7-21(28)29)23(27)25(26)35-22-8-4-5-12-34-22/h13-14,16,22-23,25H,4-12,15H2,1-3H3,(H,28,29)/t16-,22?,23-,25?/m0/s1. The van der Waals surface area contributed by atoms with Gasteiger partial charge in [0.25, 0.3) is 5.91 Å². The highest BCUT2D eigenvalue weighted by Gasteiger charge is 2.48. The van der Waals surface area contributed by atoms with Gasteiger partial charge in [-0.1, -0.05) is 0 Å². The normalized spacial score (nSPS) is 26.2. The van der Waals surface area contributed by atoms with Crippen LogP contribution >= 0.6 is 0 Å². The molecule has 1 N–H and O–H groups in total. The smallest absolute Gasteiger partial charge is 0.303 e. The Morgan fingerprint density at radius 3 is 2.63 bits per heavy atom. The fraction of sp³-hybridized carbons (Fsp3) is 0.680. The van der Waals surface area contributed by atoms with Crippen LogP contribution in [0.5, 0.6) is 11.5 Å². The molecule has 10 nitrogen and oxygen atoms in total. The number of carboxylic acid groups (broad SMARTS) is 1. The number of likely N-dealkylation sites (N-methyl/N-ethyl adjacent to an activating group) is 1. The van der Waals surface area contributed by atoms with Crippen LogP contribution in [0.25, 0.3) is 0 Å². The number of aliphatic carboxylic acids is 1. The van der Waals surface area contributed by atoms with Crippen molar-refractivity contribution >= 4 is 17.6 Å². The highest BCUT2D eigenvalue weighted by Crippen LogP contribution is 2.42. The summed E-state index contributed by atoms with van der Waals surface area (Å²) < 4.78 is 29.3. The third kappa shape index (κ3) is 5.49. The van der Waals surface area contributed by atoms with E-state index in [1.807, 2.05) is 22.9 Å². The lowest BCUT2D eigenvalue weighted by atomic mass is 9.99. The van der Waals surface area contributed by atoms with Crippen molar-refractivity contribution in [2.45, 2.75) is 57.1 Å². The largest absolute Gasteiger partial charge is 0.493 e. The van der Waals surface area contributed by atoms with Crippen molar-refractivity contribution in [1.29, 1.82) is 0 Å². The van der Waals surface area contributed by atoms with E-state index in [1.165, 1.54) is 0 Å². The lowest BCUT2D eigenvalue weighted by Gasteiger charge is -2.40. The Balaban J connectivity index is 1.63. The highest BCUT2D eigenvalue weighted by molar-refractivity contribution is 6.02. The molecule has 35 heavy (non-hydrogen) atoms. The van der Waals surface area contributed by atoms with Crippen LogP contribution in [0.4, 0.5) is 5.69 Å². The predicted octanol–water partition coefficient (Wildman–Crippen LogP) is 2.74. The first kappa shape index (κ1) is 25.5. The number of hydrogen-bond acceptors (Lipinski definition) is 8. The molecule has 2 unspecified atom stereocenters. The van der Waals surface area contributed by atoms with Gasteiger partial charge in [0, 0.05) is 45.2 Å². The Labute approximate surface area is 206 Å². The van der Waals surface area contributed by atoms with Gasteiger partial charge in [0.15, 0.2) is 24.0 Å². The van der Waals surface area contributed by atoms with Crippen molar-refractivity contribution in [1.82, 2.24) is 4.90 Å². The van der Waals surface area contributed by atoms with E-state index >= 15 is 0 Å². The molecule has 1 aromatic rings. The van der Waals surface area contributed by atoms with Crippen molar-refractivity contribution in [3.8, 4) is 11.5 Å². The quantitative estimate of drug-likeness (QED) is 0.493. The average Bonchev–Trinajstić information content (AvgIpc) is 3.26. The zero-order valence-electron chi connectivity index (χ0n) is 20.7. The molecule has 3 aliphatic heterocycles. The summed E-state index contributed by atoms with van der Waals surface area (Å²) >= 11 is 0. The minimum absolute atomic E-state index is 0.0397. The number of nitrogens with zero attached hydrogens (tertiary/aromatic N) is 2. The summed E-state index contributed by atoms with van der Waals surface area (Å²) in [6.07, 6.45) is 3.37. The topological polar surface area (TPSA) is 107 Å². The number of fused-ring (bicyclic) bond motifs is 2. The van der Waals surface area contributed by atoms with Crippen molar-refractivity contribution in [3.05, 3.63) is 17.7 Å². The van der Waals surface area contributed by atoms with Crippen LogP contribution in [-0.2, 0) is 19.0 Å². The summed E-state index contributed by atoms with van der Waals surface area (Å²) in [6, 6.07) is 3.31. The third-order valence-corrected chi connectivity index (χ3v) is 7.07. The average molecular weight is 493 g/mol. The van der Waals surface area contributed by atoms with Gasteiger partial charge >= 0.3 is 5.97 Å². The lowest BCUT2D eigenvalue weighted by Crippen LogP contribution is -2.53. The first-order chi connectivity index (χ1) is 16.9. The Morgan fingerprint density at radius 2 is 1.94 bits per heavy atom. The van der Waals surface area contributed by atoms with Crippen LogP contribution in [-0.4, -0.2) is 88.1 Å². The Hall–Kier alpha value is -2.56. The van der Waals surface area contributed by atoms with Gasteiger partial charge in [-0.3, -0.25) is 9.59 Å². The van der Waals surface area contributed by atoms with Crippen molar-refractivity contribution in [2.24, 2.45) is 5.92 Å². The number of anilines is 1. The number of amides is 1. The maximum Gasteiger partial charge on any atom is 0.303 e. The summed E-state index contributed by atoms with van der Waals surface area (Å²) in [4.78, 5) is 28.5. The number of benzene rings is 1. The molecule has 0 saturated carbocycles. The van der Waals surface area contributed by atoms with Gasteiger partial charge in [0.1, 0.15) is 0 Å². The molecule has 0 aliphatic carbocycles. The minimum Gasteiger partial charge on any atom is -0.493 e. The second kappa shape index (κ2) is 11.5. The van der Waals surface area contributed by atoms with E-state index in [2.05, 4.69) is 0 Å². The highest BCUT2D eigenvalue weighted by atomic mass is 16.7. The van der Waals surface area contributed by atoms with Gasteiger partial charge in [0.05, 0.1) is 38.1 Å². The van der Waals surface area contributed by atoms with Gasteiger partial charge in [-0.15, -0.1) is 0 Å². The van der Waals surface area contributed by atoms with Crippen LogP contribution in [0.2, 0.25) is 0 Å². The second-order valence-electron chi connectivity index (χ2n) is 9.27. The Bertz CT molecular complexity index is 904. The van der Waals surface area contributed by atoms with Gasteiger partial charge in [0.2, 0.25) is 0 Å². The molecule has 1 amide bonds. The van der Waals surface area contributed by atoms with Crippen molar-refractivity contribution in [3.63, 3.8) is 0 Å². The van der Waals surface area contributed by atoms with E-state index in [0.29, 0.717) is 55.5 Å². The lowest BCUT2D eigenvalue weighted by molar-refractivity contribution is -0.199. The molecule has 0 bridgehead atoms. The molecule has 3 aliphatic rings. The van der Waals surface area contributed by atoms with Crippen LogP contribution in [0.3, 0.4) is 0 Å². The number of ether oxygens (including phenoxy) is 5. The Kier molecular flexibility index (Phi) is 8.35. The van der Waals surface area contributed by atoms with Crippen molar-refractivity contribution in [2.75, 3.05) is 52.5 Å². The molecular formula is C25H36N2O8. The third-order valence-electron chi connectivity index (χ3n) is 7.07. The molecule has 2 fully saturated rings. The molecule has 1 aromatic carbocycles. The minimum atomic E-state index is -0.832. The molecule has 194 valence electrons. The van der Waals surface area contributed by atoms with Crippen molar-refractivity contribution < 1.29 is 38.4 Å². The van der Waals surface area contributed by atoms with Gasteiger partial charge in [-0.2, -0.15) is 0 Å². The Morgan fingerprint density at radius 1 is 1.17 bits per heavy atom. The van der Waals surface area contributed by atoms with Gasteiger partial charge < -0.3 is 38.6 Å². The first-order valence-electron chi connectivity index (χ1n) is 12.3. The fourth-order valence-electron chi connectivity index (χ4n) is 5.24. The second-order valence-corrected chi connectivity index (χ2v) is 9.27. The molecule has 10 heteroatoms. The number of carboxylic acids is 1. The van der Waals surface area contributed by atoms with Crippen LogP contribution in [0, 0.1) is 5.92 Å². The summed E-state index contributed by atoms with van der Waals surface area (Å²) in [6.45, 7) is 2.03. The SMILES string of the molecule is COc1cc2c(cc1OC)N(C)C(OC1CCCCO1)[C@@H]1[C@H](COCCCC(=O)O)CCN1C2=O. The maximum absolute atomic E-state index is 13.8. The number of rotatable bonds is 10. The number of hydrogen-bond donors (Lipinski definition) is 1. The fourth-order valence-corrected chi connectivity index (χ4v) is 5.24. The van der Waals surface area contributed by atoms with E-state index in [-0.39, 0.29) is 30.6 Å². The number of methoxy groups -OCH3 is 2. The molecule has 0 spiro atoms. The first-order valence-corrected chi connectivity index (χ1v) is 12.3. The van der Waals surface area contributed by atoms with Crippen LogP contribution in [0.15, 0.2) is 12.1 Å². The molecule has 0 aromatic heterocycles. The molecule has 2 saturated heterocycles. The number of carbonyl (C=O) groups excluding carboxylic acids is 1. The van der Waals surface area contributed by atoms with E-state index in [1.54, 1.807) is 20.3 Å². The molecule has 3 heterocycles.